The van der Waals surface area contributed by atoms with Crippen LogP contribution in [-0.4, -0.2) is 32.0 Å². The van der Waals surface area contributed by atoms with Gasteiger partial charge in [0.2, 0.25) is 0 Å². The molecule has 0 heterocycles. The molecule has 0 aliphatic rings. The van der Waals surface area contributed by atoms with Gasteiger partial charge in [0.25, 0.3) is 0 Å². The fraction of sp³-hybridized carbons (Fsp3) is 0.667. The summed E-state index contributed by atoms with van der Waals surface area (Å²) in [5, 5.41) is 7.98. The van der Waals surface area contributed by atoms with Gasteiger partial charge in [-0.25, -0.2) is 0 Å². The summed E-state index contributed by atoms with van der Waals surface area (Å²) in [6, 6.07) is 0. The average Bonchev–Trinajstić information content (AvgIpc) is 1.27. The summed E-state index contributed by atoms with van der Waals surface area (Å²) < 4.78 is 0. The molecule has 0 aliphatic heterocycles. The Morgan fingerprint density at radius 3 is 2.43 bits per heavy atom. The van der Waals surface area contributed by atoms with E-state index in [9.17, 15) is 4.79 Å². The van der Waals surface area contributed by atoms with Crippen LogP contribution < -0.4 is 5.73 Å². The van der Waals surface area contributed by atoms with Gasteiger partial charge in [0, 0.05) is 0 Å². The summed E-state index contributed by atoms with van der Waals surface area (Å²) in [5.41, 5.74) is 5.06. The number of nitrogens with two attached hydrogens (primary N) is 1. The molecule has 4 heteroatoms. The molecular weight excluding hydrogens is 161 g/mol. The second-order valence-electron chi connectivity index (χ2n) is 1.14. The third-order valence-corrected chi connectivity index (χ3v) is 0.725. The molecular formula is C3H6NO2Se. The predicted octanol–water partition coefficient (Wildman–Crippen LogP) is -1.09. The molecule has 0 saturated heterocycles. The molecule has 3 nitrogen and oxygen atoms in total. The van der Waals surface area contributed by atoms with Crippen molar-refractivity contribution in [1.82, 2.24) is 0 Å². The first-order chi connectivity index (χ1) is 3.13. The fourth-order valence-corrected chi connectivity index (χ4v) is 0.471. The Morgan fingerprint density at radius 2 is 2.43 bits per heavy atom. The average molecular weight is 167 g/mol. The zero-order valence-corrected chi connectivity index (χ0v) is 5.34. The zero-order chi connectivity index (χ0) is 5.86. The van der Waals surface area contributed by atoms with E-state index in [-0.39, 0.29) is 11.4 Å². The van der Waals surface area contributed by atoms with E-state index in [4.69, 9.17) is 10.8 Å². The Labute approximate surface area is 49.7 Å². The number of carbonyl (C=O) groups is 1. The van der Waals surface area contributed by atoms with Crippen molar-refractivity contribution in [3.05, 3.63) is 0 Å². The summed E-state index contributed by atoms with van der Waals surface area (Å²) in [6.45, 7) is 0. The maximum atomic E-state index is 9.71. The minimum atomic E-state index is -0.869. The number of carboxylic acid groups (broad SMARTS) is 1. The molecule has 0 aromatic heterocycles. The van der Waals surface area contributed by atoms with E-state index in [2.05, 4.69) is 16.0 Å². The molecule has 0 saturated carbocycles. The summed E-state index contributed by atoms with van der Waals surface area (Å²) in [5.74, 6) is -0.869. The van der Waals surface area contributed by atoms with Crippen LogP contribution in [0.25, 0.3) is 0 Å². The standard InChI is InChI=1S/C3H6NO2Se/c4-2(7)1-3(5)6/h2H,1,4H2,(H,5,6). The van der Waals surface area contributed by atoms with E-state index in [1.807, 2.05) is 0 Å². The molecule has 3 N–H and O–H groups in total. The van der Waals surface area contributed by atoms with Gasteiger partial charge in [-0.2, -0.15) is 0 Å². The van der Waals surface area contributed by atoms with Gasteiger partial charge in [-0.05, 0) is 0 Å². The van der Waals surface area contributed by atoms with E-state index in [1.165, 1.54) is 0 Å². The van der Waals surface area contributed by atoms with Gasteiger partial charge in [-0.3, -0.25) is 0 Å². The van der Waals surface area contributed by atoms with Crippen LogP contribution in [0.15, 0.2) is 0 Å². The SMILES string of the molecule is NC([Se])CC(=O)O. The van der Waals surface area contributed by atoms with Gasteiger partial charge in [0.05, 0.1) is 0 Å². The second kappa shape index (κ2) is 3.02. The van der Waals surface area contributed by atoms with Gasteiger partial charge in [0.1, 0.15) is 0 Å². The number of carboxylic acids is 1. The summed E-state index contributed by atoms with van der Waals surface area (Å²) >= 11 is 2.47. The molecule has 1 radical (unpaired) electrons. The molecule has 1 atom stereocenters. The molecule has 41 valence electrons. The number of rotatable bonds is 2. The first-order valence-corrected chi connectivity index (χ1v) is 2.75. The molecule has 0 fully saturated rings. The van der Waals surface area contributed by atoms with Crippen LogP contribution in [0.2, 0.25) is 0 Å². The van der Waals surface area contributed by atoms with Crippen molar-refractivity contribution in [3.63, 3.8) is 0 Å². The van der Waals surface area contributed by atoms with Gasteiger partial charge in [-0.15, -0.1) is 0 Å². The molecule has 0 bridgehead atoms. The Hall–Kier alpha value is -0.0505. The summed E-state index contributed by atoms with van der Waals surface area (Å²) in [7, 11) is 0. The van der Waals surface area contributed by atoms with Crippen molar-refractivity contribution in [2.24, 2.45) is 5.73 Å². The normalized spacial score (nSPS) is 13.4. The third kappa shape index (κ3) is 5.95. The number of aliphatic carboxylic acids is 1. The fourth-order valence-electron chi connectivity index (χ4n) is 0.172. The summed E-state index contributed by atoms with van der Waals surface area (Å²) in [6.07, 6.45) is 0. The Bertz CT molecular complexity index is 73.3. The van der Waals surface area contributed by atoms with Crippen molar-refractivity contribution in [1.29, 1.82) is 0 Å². The second-order valence-corrected chi connectivity index (χ2v) is 2.41. The summed E-state index contributed by atoms with van der Waals surface area (Å²) in [4.78, 5) is 9.36. The van der Waals surface area contributed by atoms with Gasteiger partial charge in [-0.1, -0.05) is 0 Å². The maximum absolute atomic E-state index is 9.71. The Morgan fingerprint density at radius 1 is 2.00 bits per heavy atom. The van der Waals surface area contributed by atoms with Gasteiger partial charge in [0.15, 0.2) is 0 Å². The topological polar surface area (TPSA) is 63.3 Å². The Balaban J connectivity index is 3.13. The minimum absolute atomic E-state index is 0. The van der Waals surface area contributed by atoms with Crippen molar-refractivity contribution in [2.45, 2.75) is 11.4 Å². The number of hydrogen-bond donors (Lipinski definition) is 2. The first kappa shape index (κ1) is 6.95. The van der Waals surface area contributed by atoms with Crippen molar-refractivity contribution < 1.29 is 9.90 Å². The monoisotopic (exact) mass is 168 g/mol. The van der Waals surface area contributed by atoms with E-state index in [0.29, 0.717) is 0 Å². The molecule has 0 aliphatic carbocycles. The van der Waals surface area contributed by atoms with E-state index >= 15 is 0 Å². The van der Waals surface area contributed by atoms with Crippen LogP contribution >= 0.6 is 0 Å². The van der Waals surface area contributed by atoms with Gasteiger partial charge >= 0.3 is 49.0 Å². The van der Waals surface area contributed by atoms with Crippen molar-refractivity contribution >= 4 is 22.0 Å². The van der Waals surface area contributed by atoms with Crippen LogP contribution in [-0.2, 0) is 4.79 Å². The molecule has 0 aromatic carbocycles. The van der Waals surface area contributed by atoms with Crippen LogP contribution in [0.1, 0.15) is 6.42 Å². The molecule has 0 amide bonds. The van der Waals surface area contributed by atoms with Crippen LogP contribution in [0.3, 0.4) is 0 Å². The van der Waals surface area contributed by atoms with E-state index in [0.717, 1.165) is 0 Å². The number of hydrogen-bond acceptors (Lipinski definition) is 2. The van der Waals surface area contributed by atoms with Crippen LogP contribution in [0.4, 0.5) is 0 Å². The Kier molecular flexibility index (Phi) is 3.00. The molecule has 0 rings (SSSR count). The van der Waals surface area contributed by atoms with Gasteiger partial charge < -0.3 is 0 Å². The predicted molar refractivity (Wildman–Crippen MR) is 26.0 cm³/mol. The molecule has 0 aromatic rings. The van der Waals surface area contributed by atoms with Crippen molar-refractivity contribution in [2.75, 3.05) is 0 Å². The quantitative estimate of drug-likeness (QED) is 0.514. The van der Waals surface area contributed by atoms with Crippen LogP contribution in [0.5, 0.6) is 0 Å². The molecule has 0 spiro atoms. The first-order valence-electron chi connectivity index (χ1n) is 1.76. The van der Waals surface area contributed by atoms with Crippen molar-refractivity contribution in [3.8, 4) is 0 Å². The van der Waals surface area contributed by atoms with E-state index < -0.39 is 5.97 Å². The third-order valence-electron chi connectivity index (χ3n) is 0.376. The van der Waals surface area contributed by atoms with E-state index in [1.54, 1.807) is 0 Å². The zero-order valence-electron chi connectivity index (χ0n) is 3.63. The molecule has 1 unspecified atom stereocenters. The molecule has 7 heavy (non-hydrogen) atoms. The van der Waals surface area contributed by atoms with Crippen LogP contribution in [0, 0.1) is 0 Å².